The van der Waals surface area contributed by atoms with Gasteiger partial charge in [0.05, 0.1) is 4.90 Å². The number of piperazine rings is 1. The molecule has 5 heterocycles. The van der Waals surface area contributed by atoms with E-state index in [2.05, 4.69) is 27.1 Å². The third-order valence-corrected chi connectivity index (χ3v) is 7.78. The molecular formula is C19H22N6O2S. The van der Waals surface area contributed by atoms with Crippen molar-refractivity contribution in [2.24, 2.45) is 0 Å². The predicted octanol–water partition coefficient (Wildman–Crippen LogP) is 1.65. The Hall–Kier alpha value is -2.52. The number of benzene rings is 1. The second-order valence-corrected chi connectivity index (χ2v) is 9.33. The van der Waals surface area contributed by atoms with Gasteiger partial charge in [-0.05, 0) is 49.6 Å². The van der Waals surface area contributed by atoms with Crippen LogP contribution in [-0.4, -0.2) is 57.7 Å². The van der Waals surface area contributed by atoms with Gasteiger partial charge < -0.3 is 4.90 Å². The van der Waals surface area contributed by atoms with E-state index in [-0.39, 0.29) is 12.1 Å². The van der Waals surface area contributed by atoms with Gasteiger partial charge in [-0.1, -0.05) is 19.1 Å². The quantitative estimate of drug-likeness (QED) is 0.664. The molecule has 3 aromatic rings. The van der Waals surface area contributed by atoms with Crippen molar-refractivity contribution >= 4 is 21.5 Å². The van der Waals surface area contributed by atoms with E-state index in [1.54, 1.807) is 21.0 Å². The molecular weight excluding hydrogens is 376 g/mol. The number of piperidine rings is 1. The minimum atomic E-state index is -3.46. The standard InChI is InChI=1S/C19H22N6O2S/c1-3-14-4-6-17(7-5-14)28(26,27)25-15-10-16(25)12-23(11-15)19-9-8-18-21-20-13(2)24(18)22-19/h4-9,15-16H,3,10-12H2,1-2H3. The van der Waals surface area contributed by atoms with Crippen LogP contribution in [0, 0.1) is 6.92 Å². The number of nitrogens with zero attached hydrogens (tertiary/aromatic N) is 6. The van der Waals surface area contributed by atoms with Crippen molar-refractivity contribution in [3.63, 3.8) is 0 Å². The van der Waals surface area contributed by atoms with Crippen LogP contribution in [0.25, 0.3) is 5.65 Å². The molecule has 2 unspecified atom stereocenters. The van der Waals surface area contributed by atoms with Crippen molar-refractivity contribution in [3.8, 4) is 0 Å². The van der Waals surface area contributed by atoms with Crippen LogP contribution in [-0.2, 0) is 16.4 Å². The molecule has 0 spiro atoms. The van der Waals surface area contributed by atoms with Crippen molar-refractivity contribution in [2.45, 2.75) is 43.7 Å². The summed E-state index contributed by atoms with van der Waals surface area (Å²) in [6.45, 7) is 5.21. The maximum absolute atomic E-state index is 13.1. The Balaban J connectivity index is 1.38. The first-order valence-corrected chi connectivity index (χ1v) is 11.0. The highest BCUT2D eigenvalue weighted by atomic mass is 32.2. The Morgan fingerprint density at radius 1 is 1.04 bits per heavy atom. The number of anilines is 1. The summed E-state index contributed by atoms with van der Waals surface area (Å²) in [5, 5.41) is 12.7. The molecule has 3 aliphatic rings. The molecule has 3 fully saturated rings. The van der Waals surface area contributed by atoms with Crippen molar-refractivity contribution in [3.05, 3.63) is 47.8 Å². The monoisotopic (exact) mass is 398 g/mol. The molecule has 3 aliphatic heterocycles. The zero-order valence-electron chi connectivity index (χ0n) is 15.9. The van der Waals surface area contributed by atoms with Crippen molar-refractivity contribution in [1.82, 2.24) is 24.1 Å². The lowest BCUT2D eigenvalue weighted by Crippen LogP contribution is -2.70. The topological polar surface area (TPSA) is 83.7 Å². The van der Waals surface area contributed by atoms with Gasteiger partial charge in [0, 0.05) is 25.2 Å². The largest absolute Gasteiger partial charge is 0.352 e. The third kappa shape index (κ3) is 2.61. The Morgan fingerprint density at radius 2 is 1.75 bits per heavy atom. The molecule has 0 saturated carbocycles. The van der Waals surface area contributed by atoms with Gasteiger partial charge in [-0.2, -0.15) is 8.82 Å². The van der Waals surface area contributed by atoms with E-state index in [9.17, 15) is 8.42 Å². The van der Waals surface area contributed by atoms with Crippen LogP contribution in [0.2, 0.25) is 0 Å². The van der Waals surface area contributed by atoms with E-state index in [1.807, 2.05) is 31.2 Å². The maximum Gasteiger partial charge on any atom is 0.243 e. The number of hydrogen-bond acceptors (Lipinski definition) is 6. The number of sulfonamides is 1. The van der Waals surface area contributed by atoms with E-state index < -0.39 is 10.0 Å². The zero-order valence-corrected chi connectivity index (χ0v) is 16.7. The lowest BCUT2D eigenvalue weighted by Gasteiger charge is -2.55. The fourth-order valence-electron chi connectivity index (χ4n) is 4.23. The molecule has 0 amide bonds. The molecule has 3 saturated heterocycles. The van der Waals surface area contributed by atoms with E-state index in [4.69, 9.17) is 0 Å². The maximum atomic E-state index is 13.1. The molecule has 2 aromatic heterocycles. The van der Waals surface area contributed by atoms with Crippen LogP contribution in [0.5, 0.6) is 0 Å². The lowest BCUT2D eigenvalue weighted by atomic mass is 9.91. The second kappa shape index (κ2) is 6.25. The normalized spacial score (nSPS) is 22.4. The molecule has 0 aliphatic carbocycles. The lowest BCUT2D eigenvalue weighted by molar-refractivity contribution is 0.0873. The van der Waals surface area contributed by atoms with E-state index in [0.29, 0.717) is 23.6 Å². The summed E-state index contributed by atoms with van der Waals surface area (Å²) >= 11 is 0. The summed E-state index contributed by atoms with van der Waals surface area (Å²) in [7, 11) is -3.46. The fraction of sp³-hybridized carbons (Fsp3) is 0.421. The molecule has 0 radical (unpaired) electrons. The molecule has 9 heteroatoms. The third-order valence-electron chi connectivity index (χ3n) is 5.76. The van der Waals surface area contributed by atoms with Crippen LogP contribution in [0.4, 0.5) is 5.82 Å². The molecule has 1 aromatic carbocycles. The summed E-state index contributed by atoms with van der Waals surface area (Å²) in [6, 6.07) is 11.0. The smallest absolute Gasteiger partial charge is 0.243 e. The molecule has 2 bridgehead atoms. The number of aromatic nitrogens is 4. The highest BCUT2D eigenvalue weighted by molar-refractivity contribution is 7.89. The Morgan fingerprint density at radius 3 is 2.43 bits per heavy atom. The summed E-state index contributed by atoms with van der Waals surface area (Å²) in [6.07, 6.45) is 1.80. The van der Waals surface area contributed by atoms with Gasteiger partial charge in [0.25, 0.3) is 0 Å². The number of aryl methyl sites for hydroxylation is 2. The SMILES string of the molecule is CCc1ccc(S(=O)(=O)N2C3CC2CN(c2ccc4nnc(C)n4n2)C3)cc1. The summed E-state index contributed by atoms with van der Waals surface area (Å²) in [4.78, 5) is 2.54. The molecule has 8 nitrogen and oxygen atoms in total. The van der Waals surface area contributed by atoms with Gasteiger partial charge in [0.1, 0.15) is 5.82 Å². The van der Waals surface area contributed by atoms with E-state index in [1.165, 1.54) is 0 Å². The molecule has 6 rings (SSSR count). The Kier molecular flexibility index (Phi) is 3.92. The summed E-state index contributed by atoms with van der Waals surface area (Å²) in [5.74, 6) is 1.56. The van der Waals surface area contributed by atoms with Crippen molar-refractivity contribution in [1.29, 1.82) is 0 Å². The first-order chi connectivity index (χ1) is 13.5. The predicted molar refractivity (Wildman–Crippen MR) is 105 cm³/mol. The number of rotatable bonds is 4. The van der Waals surface area contributed by atoms with Crippen LogP contribution in [0.1, 0.15) is 24.7 Å². The summed E-state index contributed by atoms with van der Waals surface area (Å²) in [5.41, 5.74) is 1.85. The molecule has 2 atom stereocenters. The van der Waals surface area contributed by atoms with Gasteiger partial charge in [-0.25, -0.2) is 8.42 Å². The van der Waals surface area contributed by atoms with Crippen LogP contribution >= 0.6 is 0 Å². The average Bonchev–Trinajstić information content (AvgIpc) is 3.08. The van der Waals surface area contributed by atoms with Crippen LogP contribution in [0.15, 0.2) is 41.3 Å². The van der Waals surface area contributed by atoms with Gasteiger partial charge in [-0.15, -0.1) is 15.3 Å². The van der Waals surface area contributed by atoms with Crippen molar-refractivity contribution in [2.75, 3.05) is 18.0 Å². The molecule has 28 heavy (non-hydrogen) atoms. The highest BCUT2D eigenvalue weighted by Gasteiger charge is 2.51. The first-order valence-electron chi connectivity index (χ1n) is 9.54. The van der Waals surface area contributed by atoms with E-state index in [0.717, 1.165) is 30.0 Å². The minimum Gasteiger partial charge on any atom is -0.352 e. The van der Waals surface area contributed by atoms with Gasteiger partial charge in [-0.3, -0.25) is 0 Å². The molecule has 0 N–H and O–H groups in total. The minimum absolute atomic E-state index is 0.0193. The highest BCUT2D eigenvalue weighted by Crippen LogP contribution is 2.38. The van der Waals surface area contributed by atoms with Gasteiger partial charge in [0.15, 0.2) is 11.5 Å². The van der Waals surface area contributed by atoms with Crippen LogP contribution < -0.4 is 4.90 Å². The van der Waals surface area contributed by atoms with Crippen molar-refractivity contribution < 1.29 is 8.42 Å². The average molecular weight is 398 g/mol. The fourth-order valence-corrected chi connectivity index (χ4v) is 6.04. The van der Waals surface area contributed by atoms with Crippen LogP contribution in [0.3, 0.4) is 0 Å². The second-order valence-electron chi connectivity index (χ2n) is 7.49. The Labute approximate surface area is 163 Å². The Bertz CT molecular complexity index is 1130. The number of fused-ring (bicyclic) bond motifs is 3. The van der Waals surface area contributed by atoms with E-state index >= 15 is 0 Å². The van der Waals surface area contributed by atoms with Gasteiger partial charge >= 0.3 is 0 Å². The number of hydrogen-bond donors (Lipinski definition) is 0. The zero-order chi connectivity index (χ0) is 19.5. The first kappa shape index (κ1) is 17.6. The molecule has 146 valence electrons. The summed E-state index contributed by atoms with van der Waals surface area (Å²) < 4.78 is 29.7. The van der Waals surface area contributed by atoms with Gasteiger partial charge in [0.2, 0.25) is 10.0 Å².